The molecule has 2 heterocycles. The van der Waals surface area contributed by atoms with Crippen LogP contribution in [-0.2, 0) is 13.1 Å². The molecule has 0 radical (unpaired) electrons. The fourth-order valence-corrected chi connectivity index (χ4v) is 2.57. The second kappa shape index (κ2) is 3.88. The van der Waals surface area contributed by atoms with Crippen molar-refractivity contribution in [2.45, 2.75) is 26.9 Å². The highest BCUT2D eigenvalue weighted by molar-refractivity contribution is 6.07. The molecular formula is C15H17N2+. The van der Waals surface area contributed by atoms with Gasteiger partial charge in [-0.3, -0.25) is 0 Å². The Kier molecular flexibility index (Phi) is 2.36. The van der Waals surface area contributed by atoms with Crippen molar-refractivity contribution in [1.82, 2.24) is 4.57 Å². The number of aromatic nitrogens is 2. The van der Waals surface area contributed by atoms with Gasteiger partial charge in [-0.05, 0) is 19.9 Å². The summed E-state index contributed by atoms with van der Waals surface area (Å²) >= 11 is 0. The average molecular weight is 225 g/mol. The average Bonchev–Trinajstić information content (AvgIpc) is 2.71. The molecule has 0 saturated heterocycles. The Morgan fingerprint density at radius 1 is 1.00 bits per heavy atom. The lowest BCUT2D eigenvalue weighted by Gasteiger charge is -2.01. The monoisotopic (exact) mass is 225 g/mol. The Balaban J connectivity index is 2.49. The Bertz CT molecular complexity index is 680. The molecule has 2 heteroatoms. The smallest absolute Gasteiger partial charge is 0.193 e. The van der Waals surface area contributed by atoms with Crippen LogP contribution in [0.1, 0.15) is 13.8 Å². The fourth-order valence-electron chi connectivity index (χ4n) is 2.57. The summed E-state index contributed by atoms with van der Waals surface area (Å²) in [6, 6.07) is 10.9. The van der Waals surface area contributed by atoms with Gasteiger partial charge in [-0.2, -0.15) is 0 Å². The molecule has 0 amide bonds. The molecule has 2 nitrogen and oxygen atoms in total. The van der Waals surface area contributed by atoms with Crippen LogP contribution in [0.2, 0.25) is 0 Å². The summed E-state index contributed by atoms with van der Waals surface area (Å²) in [7, 11) is 0. The molecule has 17 heavy (non-hydrogen) atoms. The van der Waals surface area contributed by atoms with Crippen molar-refractivity contribution in [3.63, 3.8) is 0 Å². The van der Waals surface area contributed by atoms with Crippen LogP contribution < -0.4 is 4.57 Å². The van der Waals surface area contributed by atoms with Gasteiger partial charge in [0.25, 0.3) is 0 Å². The van der Waals surface area contributed by atoms with E-state index >= 15 is 0 Å². The van der Waals surface area contributed by atoms with E-state index in [1.54, 1.807) is 0 Å². The molecule has 3 aromatic rings. The third-order valence-corrected chi connectivity index (χ3v) is 3.45. The van der Waals surface area contributed by atoms with E-state index in [9.17, 15) is 0 Å². The molecule has 0 aliphatic heterocycles. The highest BCUT2D eigenvalue weighted by Crippen LogP contribution is 2.27. The van der Waals surface area contributed by atoms with Crippen LogP contribution in [0.25, 0.3) is 21.8 Å². The lowest BCUT2D eigenvalue weighted by molar-refractivity contribution is -0.692. The van der Waals surface area contributed by atoms with Crippen molar-refractivity contribution in [1.29, 1.82) is 0 Å². The second-order valence-corrected chi connectivity index (χ2v) is 4.34. The Morgan fingerprint density at radius 3 is 2.53 bits per heavy atom. The molecule has 3 rings (SSSR count). The normalized spacial score (nSPS) is 11.4. The SMILES string of the molecule is CCn1c2ccccc2c2cc[n+](CC)cc21. The van der Waals surface area contributed by atoms with E-state index in [-0.39, 0.29) is 0 Å². The van der Waals surface area contributed by atoms with Crippen molar-refractivity contribution in [2.75, 3.05) is 0 Å². The predicted molar refractivity (Wildman–Crippen MR) is 71.0 cm³/mol. The number of hydrogen-bond acceptors (Lipinski definition) is 0. The molecule has 0 aliphatic carbocycles. The maximum atomic E-state index is 2.39. The summed E-state index contributed by atoms with van der Waals surface area (Å²) in [5.41, 5.74) is 2.66. The number of pyridine rings is 1. The van der Waals surface area contributed by atoms with E-state index in [0.29, 0.717) is 0 Å². The fraction of sp³-hybridized carbons (Fsp3) is 0.267. The quantitative estimate of drug-likeness (QED) is 0.592. The van der Waals surface area contributed by atoms with E-state index in [1.807, 2.05) is 0 Å². The lowest BCUT2D eigenvalue weighted by atomic mass is 10.2. The minimum Gasteiger partial charge on any atom is -0.336 e. The van der Waals surface area contributed by atoms with Crippen molar-refractivity contribution in [3.05, 3.63) is 42.7 Å². The molecule has 0 N–H and O–H groups in total. The van der Waals surface area contributed by atoms with Crippen LogP contribution in [0.3, 0.4) is 0 Å². The van der Waals surface area contributed by atoms with Gasteiger partial charge in [0, 0.05) is 28.9 Å². The zero-order valence-electron chi connectivity index (χ0n) is 10.4. The summed E-state index contributed by atoms with van der Waals surface area (Å²) in [6.07, 6.45) is 4.41. The first kappa shape index (κ1) is 10.3. The van der Waals surface area contributed by atoms with Gasteiger partial charge in [-0.15, -0.1) is 0 Å². The summed E-state index contributed by atoms with van der Waals surface area (Å²) in [6.45, 7) is 6.40. The van der Waals surface area contributed by atoms with Crippen LogP contribution in [0.4, 0.5) is 0 Å². The number of nitrogens with zero attached hydrogens (tertiary/aromatic N) is 2. The van der Waals surface area contributed by atoms with Gasteiger partial charge in [-0.25, -0.2) is 4.57 Å². The first-order chi connectivity index (χ1) is 8.35. The molecule has 0 atom stereocenters. The summed E-state index contributed by atoms with van der Waals surface area (Å²) < 4.78 is 4.62. The molecule has 2 aromatic heterocycles. The van der Waals surface area contributed by atoms with E-state index in [4.69, 9.17) is 0 Å². The highest BCUT2D eigenvalue weighted by atomic mass is 15.0. The Labute approximate surface area is 101 Å². The van der Waals surface area contributed by atoms with Crippen LogP contribution in [0.5, 0.6) is 0 Å². The van der Waals surface area contributed by atoms with Crippen LogP contribution in [-0.4, -0.2) is 4.57 Å². The number of benzene rings is 1. The van der Waals surface area contributed by atoms with Gasteiger partial charge in [0.05, 0.1) is 0 Å². The molecule has 86 valence electrons. The van der Waals surface area contributed by atoms with Gasteiger partial charge < -0.3 is 4.57 Å². The van der Waals surface area contributed by atoms with Gasteiger partial charge >= 0.3 is 0 Å². The molecule has 0 bridgehead atoms. The van der Waals surface area contributed by atoms with Crippen LogP contribution in [0, 0.1) is 0 Å². The first-order valence-electron chi connectivity index (χ1n) is 6.25. The van der Waals surface area contributed by atoms with Crippen LogP contribution in [0.15, 0.2) is 42.7 Å². The lowest BCUT2D eigenvalue weighted by Crippen LogP contribution is -2.30. The first-order valence-corrected chi connectivity index (χ1v) is 6.25. The molecule has 0 spiro atoms. The van der Waals surface area contributed by atoms with E-state index in [2.05, 4.69) is 65.7 Å². The number of hydrogen-bond donors (Lipinski definition) is 0. The topological polar surface area (TPSA) is 8.81 Å². The molecular weight excluding hydrogens is 208 g/mol. The van der Waals surface area contributed by atoms with Crippen molar-refractivity contribution >= 4 is 21.8 Å². The van der Waals surface area contributed by atoms with Crippen molar-refractivity contribution in [2.24, 2.45) is 0 Å². The largest absolute Gasteiger partial charge is 0.336 e. The molecule has 0 unspecified atom stereocenters. The van der Waals surface area contributed by atoms with Gasteiger partial charge in [0.15, 0.2) is 12.4 Å². The molecule has 0 saturated carbocycles. The third kappa shape index (κ3) is 1.44. The van der Waals surface area contributed by atoms with Gasteiger partial charge in [0.2, 0.25) is 0 Å². The molecule has 1 aromatic carbocycles. The van der Waals surface area contributed by atoms with Crippen LogP contribution >= 0.6 is 0 Å². The summed E-state index contributed by atoms with van der Waals surface area (Å²) in [5, 5.41) is 2.71. The maximum absolute atomic E-state index is 2.39. The van der Waals surface area contributed by atoms with Crippen molar-refractivity contribution < 1.29 is 4.57 Å². The summed E-state index contributed by atoms with van der Waals surface area (Å²) in [4.78, 5) is 0. The predicted octanol–water partition coefficient (Wildman–Crippen LogP) is 3.12. The highest BCUT2D eigenvalue weighted by Gasteiger charge is 2.11. The number of fused-ring (bicyclic) bond motifs is 3. The summed E-state index contributed by atoms with van der Waals surface area (Å²) in [5.74, 6) is 0. The number of aryl methyl sites for hydroxylation is 2. The van der Waals surface area contributed by atoms with Gasteiger partial charge in [-0.1, -0.05) is 18.2 Å². The molecule has 0 fully saturated rings. The van der Waals surface area contributed by atoms with Crippen molar-refractivity contribution in [3.8, 4) is 0 Å². The van der Waals surface area contributed by atoms with E-state index in [0.717, 1.165) is 13.1 Å². The van der Waals surface area contributed by atoms with E-state index in [1.165, 1.54) is 21.8 Å². The molecule has 0 aliphatic rings. The third-order valence-electron chi connectivity index (χ3n) is 3.45. The van der Waals surface area contributed by atoms with E-state index < -0.39 is 0 Å². The minimum atomic E-state index is 1.01. The second-order valence-electron chi connectivity index (χ2n) is 4.34. The Hall–Kier alpha value is -1.83. The standard InChI is InChI=1S/C15H17N2/c1-3-16-10-9-13-12-7-5-6-8-14(12)17(4-2)15(13)11-16/h5-11H,3-4H2,1-2H3/q+1. The zero-order valence-corrected chi connectivity index (χ0v) is 10.4. The Morgan fingerprint density at radius 2 is 1.76 bits per heavy atom. The number of para-hydroxylation sites is 1. The minimum absolute atomic E-state index is 1.01. The maximum Gasteiger partial charge on any atom is 0.193 e. The number of rotatable bonds is 2. The van der Waals surface area contributed by atoms with Gasteiger partial charge in [0.1, 0.15) is 12.1 Å². The zero-order chi connectivity index (χ0) is 11.8.